The highest BCUT2D eigenvalue weighted by molar-refractivity contribution is 5.94. The summed E-state index contributed by atoms with van der Waals surface area (Å²) in [5.41, 5.74) is 0.419. The van der Waals surface area contributed by atoms with Crippen molar-refractivity contribution in [1.82, 2.24) is 14.5 Å². The van der Waals surface area contributed by atoms with Gasteiger partial charge < -0.3 is 14.2 Å². The molecule has 0 unspecified atom stereocenters. The summed E-state index contributed by atoms with van der Waals surface area (Å²) in [4.78, 5) is 17.5. The molecule has 0 saturated carbocycles. The van der Waals surface area contributed by atoms with Crippen molar-refractivity contribution < 1.29 is 22.7 Å². The van der Waals surface area contributed by atoms with Crippen LogP contribution in [0.15, 0.2) is 36.7 Å². The minimum absolute atomic E-state index is 0.0199. The van der Waals surface area contributed by atoms with Gasteiger partial charge in [-0.1, -0.05) is 0 Å². The van der Waals surface area contributed by atoms with E-state index in [0.717, 1.165) is 4.57 Å². The minimum Gasteiger partial charge on any atom is -0.497 e. The highest BCUT2D eigenvalue weighted by Crippen LogP contribution is 2.19. The lowest BCUT2D eigenvalue weighted by atomic mass is 10.2. The van der Waals surface area contributed by atoms with Gasteiger partial charge >= 0.3 is 6.18 Å². The zero-order valence-electron chi connectivity index (χ0n) is 12.7. The van der Waals surface area contributed by atoms with E-state index in [-0.39, 0.29) is 18.3 Å². The van der Waals surface area contributed by atoms with Crippen molar-refractivity contribution in [2.75, 3.05) is 14.2 Å². The molecule has 1 heterocycles. The van der Waals surface area contributed by atoms with Gasteiger partial charge in [0.1, 0.15) is 18.1 Å². The predicted octanol–water partition coefficient (Wildman–Crippen LogP) is 2.73. The number of hydrogen-bond donors (Lipinski definition) is 0. The van der Waals surface area contributed by atoms with Crippen LogP contribution in [0.1, 0.15) is 16.2 Å². The monoisotopic (exact) mass is 327 g/mol. The highest BCUT2D eigenvalue weighted by Gasteiger charge is 2.29. The maximum atomic E-state index is 12.5. The van der Waals surface area contributed by atoms with Crippen LogP contribution < -0.4 is 4.74 Å². The van der Waals surface area contributed by atoms with Gasteiger partial charge in [0, 0.05) is 25.0 Å². The third-order valence-corrected chi connectivity index (χ3v) is 3.21. The number of ether oxygens (including phenoxy) is 1. The molecule has 124 valence electrons. The van der Waals surface area contributed by atoms with Crippen LogP contribution >= 0.6 is 0 Å². The van der Waals surface area contributed by atoms with Gasteiger partial charge in [-0.15, -0.1) is 0 Å². The molecular formula is C15H16F3N3O2. The number of rotatable bonds is 5. The lowest BCUT2D eigenvalue weighted by molar-refractivity contribution is -0.141. The van der Waals surface area contributed by atoms with Crippen LogP contribution in [0.4, 0.5) is 13.2 Å². The largest absolute Gasteiger partial charge is 0.497 e. The molecule has 0 aliphatic carbocycles. The normalized spacial score (nSPS) is 11.3. The molecule has 1 aromatic heterocycles. The second kappa shape index (κ2) is 6.72. The smallest absolute Gasteiger partial charge is 0.406 e. The van der Waals surface area contributed by atoms with Gasteiger partial charge in [-0.05, 0) is 24.3 Å². The van der Waals surface area contributed by atoms with Crippen molar-refractivity contribution in [2.24, 2.45) is 0 Å². The summed E-state index contributed by atoms with van der Waals surface area (Å²) in [7, 11) is 3.03. The van der Waals surface area contributed by atoms with E-state index in [0.29, 0.717) is 11.3 Å². The first-order valence-electron chi connectivity index (χ1n) is 6.76. The maximum absolute atomic E-state index is 12.5. The van der Waals surface area contributed by atoms with Gasteiger partial charge in [0.15, 0.2) is 0 Å². The average molecular weight is 327 g/mol. The van der Waals surface area contributed by atoms with Crippen molar-refractivity contribution in [1.29, 1.82) is 0 Å². The Bertz CT molecular complexity index is 665. The molecule has 2 rings (SSSR count). The second-order valence-corrected chi connectivity index (χ2v) is 4.98. The number of methoxy groups -OCH3 is 1. The van der Waals surface area contributed by atoms with Crippen LogP contribution in [0, 0.1) is 0 Å². The number of aromatic nitrogens is 2. The molecule has 0 atom stereocenters. The lowest BCUT2D eigenvalue weighted by Gasteiger charge is -2.18. The van der Waals surface area contributed by atoms with Gasteiger partial charge in [0.05, 0.1) is 13.7 Å². The van der Waals surface area contributed by atoms with Crippen LogP contribution in [0.5, 0.6) is 5.75 Å². The molecule has 2 aromatic rings. The SMILES string of the molecule is COc1ccc(C(=O)N(C)Cc2nccn2CC(F)(F)F)cc1. The van der Waals surface area contributed by atoms with Gasteiger partial charge in [-0.25, -0.2) is 4.98 Å². The number of imidazole rings is 1. The minimum atomic E-state index is -4.34. The Labute approximate surface area is 131 Å². The van der Waals surface area contributed by atoms with Crippen molar-refractivity contribution in [3.05, 3.63) is 48.0 Å². The molecule has 0 aliphatic rings. The van der Waals surface area contributed by atoms with Crippen molar-refractivity contribution >= 4 is 5.91 Å². The van der Waals surface area contributed by atoms with E-state index in [1.165, 1.54) is 31.5 Å². The van der Waals surface area contributed by atoms with Crippen molar-refractivity contribution in [2.45, 2.75) is 19.3 Å². The Morgan fingerprint density at radius 1 is 1.30 bits per heavy atom. The molecule has 0 saturated heterocycles. The first-order valence-corrected chi connectivity index (χ1v) is 6.76. The number of alkyl halides is 3. The fourth-order valence-corrected chi connectivity index (χ4v) is 2.07. The lowest BCUT2D eigenvalue weighted by Crippen LogP contribution is -2.29. The highest BCUT2D eigenvalue weighted by atomic mass is 19.4. The van der Waals surface area contributed by atoms with Crippen molar-refractivity contribution in [3.63, 3.8) is 0 Å². The standard InChI is InChI=1S/C15H16F3N3O2/c1-20(14(22)11-3-5-12(23-2)6-4-11)9-13-19-7-8-21(13)10-15(16,17)18/h3-8H,9-10H2,1-2H3. The number of amides is 1. The zero-order chi connectivity index (χ0) is 17.0. The topological polar surface area (TPSA) is 47.4 Å². The Morgan fingerprint density at radius 2 is 1.96 bits per heavy atom. The molecule has 8 heteroatoms. The van der Waals surface area contributed by atoms with E-state index in [4.69, 9.17) is 4.74 Å². The molecular weight excluding hydrogens is 311 g/mol. The Balaban J connectivity index is 2.08. The maximum Gasteiger partial charge on any atom is 0.406 e. The summed E-state index contributed by atoms with van der Waals surface area (Å²) in [5, 5.41) is 0. The molecule has 1 aromatic carbocycles. The Hall–Kier alpha value is -2.51. The first kappa shape index (κ1) is 16.9. The van der Waals surface area contributed by atoms with E-state index < -0.39 is 12.7 Å². The zero-order valence-corrected chi connectivity index (χ0v) is 12.7. The van der Waals surface area contributed by atoms with E-state index in [1.807, 2.05) is 0 Å². The predicted molar refractivity (Wildman–Crippen MR) is 77.1 cm³/mol. The third-order valence-electron chi connectivity index (χ3n) is 3.21. The second-order valence-electron chi connectivity index (χ2n) is 4.98. The van der Waals surface area contributed by atoms with Gasteiger partial charge in [0.2, 0.25) is 0 Å². The van der Waals surface area contributed by atoms with Crippen LogP contribution in [-0.2, 0) is 13.1 Å². The first-order chi connectivity index (χ1) is 10.8. The molecule has 0 aliphatic heterocycles. The average Bonchev–Trinajstić information content (AvgIpc) is 2.91. The Kier molecular flexibility index (Phi) is 4.92. The molecule has 1 amide bonds. The number of carbonyl (C=O) groups excluding carboxylic acids is 1. The summed E-state index contributed by atoms with van der Waals surface area (Å²) < 4.78 is 43.5. The number of halogens is 3. The molecule has 0 fully saturated rings. The molecule has 0 bridgehead atoms. The summed E-state index contributed by atoms with van der Waals surface area (Å²) in [6.45, 7) is -1.15. The van der Waals surface area contributed by atoms with Crippen LogP contribution in [-0.4, -0.2) is 40.7 Å². The van der Waals surface area contributed by atoms with Gasteiger partial charge in [-0.2, -0.15) is 13.2 Å². The van der Waals surface area contributed by atoms with Crippen LogP contribution in [0.2, 0.25) is 0 Å². The summed E-state index contributed by atoms with van der Waals surface area (Å²) in [5.74, 6) is 0.478. The van der Waals surface area contributed by atoms with Crippen LogP contribution in [0.25, 0.3) is 0 Å². The van der Waals surface area contributed by atoms with E-state index >= 15 is 0 Å². The fourth-order valence-electron chi connectivity index (χ4n) is 2.07. The number of benzene rings is 1. The Morgan fingerprint density at radius 3 is 2.52 bits per heavy atom. The van der Waals surface area contributed by atoms with E-state index in [2.05, 4.69) is 4.98 Å². The molecule has 0 spiro atoms. The van der Waals surface area contributed by atoms with Crippen LogP contribution in [0.3, 0.4) is 0 Å². The van der Waals surface area contributed by atoms with Gasteiger partial charge in [0.25, 0.3) is 5.91 Å². The fraction of sp³-hybridized carbons (Fsp3) is 0.333. The van der Waals surface area contributed by atoms with Gasteiger partial charge in [-0.3, -0.25) is 4.79 Å². The summed E-state index contributed by atoms with van der Waals surface area (Å²) in [6, 6.07) is 6.48. The molecule has 0 N–H and O–H groups in total. The number of carbonyl (C=O) groups is 1. The molecule has 0 radical (unpaired) electrons. The molecule has 23 heavy (non-hydrogen) atoms. The summed E-state index contributed by atoms with van der Waals surface area (Å²) >= 11 is 0. The quantitative estimate of drug-likeness (QED) is 0.848. The number of nitrogens with zero attached hydrogens (tertiary/aromatic N) is 3. The van der Waals surface area contributed by atoms with E-state index in [9.17, 15) is 18.0 Å². The molecule has 5 nitrogen and oxygen atoms in total. The van der Waals surface area contributed by atoms with E-state index in [1.54, 1.807) is 24.3 Å². The number of hydrogen-bond acceptors (Lipinski definition) is 3. The summed E-state index contributed by atoms with van der Waals surface area (Å²) in [6.07, 6.45) is -1.81. The van der Waals surface area contributed by atoms with Crippen molar-refractivity contribution in [3.8, 4) is 5.75 Å². The third kappa shape index (κ3) is 4.48.